The molecule has 2 heterocycles. The van der Waals surface area contributed by atoms with Crippen LogP contribution in [0.5, 0.6) is 17.2 Å². The Hall–Kier alpha value is -3.70. The molecule has 0 saturated heterocycles. The molecule has 5 rings (SSSR count). The van der Waals surface area contributed by atoms with E-state index in [-0.39, 0.29) is 17.9 Å². The number of anilines is 1. The average molecular weight is 442 g/mol. The van der Waals surface area contributed by atoms with Crippen LogP contribution in [0.15, 0.2) is 54.6 Å². The maximum absolute atomic E-state index is 10.5. The van der Waals surface area contributed by atoms with Gasteiger partial charge in [-0.1, -0.05) is 36.4 Å². The van der Waals surface area contributed by atoms with Crippen LogP contribution in [0.2, 0.25) is 0 Å². The molecule has 0 amide bonds. The normalized spacial score (nSPS) is 16.6. The van der Waals surface area contributed by atoms with Crippen LogP contribution < -0.4 is 14.8 Å². The maximum atomic E-state index is 10.5. The average Bonchev–Trinajstić information content (AvgIpc) is 2.78. The van der Waals surface area contributed by atoms with E-state index in [1.54, 1.807) is 19.2 Å². The Bertz CT molecular complexity index is 1330. The fraction of sp³-hybridized carbons (Fsp3) is 0.214. The Labute approximate surface area is 193 Å². The molecule has 0 saturated carbocycles. The summed E-state index contributed by atoms with van der Waals surface area (Å²) in [7, 11) is 1.55. The molecule has 0 aliphatic carbocycles. The first-order chi connectivity index (χ1) is 15.8. The highest BCUT2D eigenvalue weighted by molar-refractivity contribution is 6.02. The number of phenolic OH excluding ortho intramolecular Hbond substituents is 1. The number of benzene rings is 3. The second-order valence-electron chi connectivity index (χ2n) is 9.04. The minimum Gasteiger partial charge on any atom is -0.504 e. The molecule has 0 bridgehead atoms. The molecule has 5 nitrogen and oxygen atoms in total. The molecule has 0 atom stereocenters. The number of methoxy groups -OCH3 is 1. The lowest BCUT2D eigenvalue weighted by Crippen LogP contribution is -2.32. The van der Waals surface area contributed by atoms with Crippen LogP contribution in [0.25, 0.3) is 28.5 Å². The number of hydrogen-bond donors (Lipinski definition) is 3. The number of aromatic hydroxyl groups is 1. The smallest absolute Gasteiger partial charge is 0.172 e. The van der Waals surface area contributed by atoms with E-state index in [2.05, 4.69) is 38.2 Å². The molecule has 2 aliphatic heterocycles. The first-order valence-electron chi connectivity index (χ1n) is 11.0. The third-order valence-electron chi connectivity index (χ3n) is 6.18. The summed E-state index contributed by atoms with van der Waals surface area (Å²) in [4.78, 5) is 0. The number of nitrogens with one attached hydrogen (secondary N) is 1. The van der Waals surface area contributed by atoms with Crippen LogP contribution in [-0.2, 0) is 6.61 Å². The highest BCUT2D eigenvalue weighted by Gasteiger charge is 2.33. The van der Waals surface area contributed by atoms with Crippen molar-refractivity contribution in [2.45, 2.75) is 32.9 Å². The van der Waals surface area contributed by atoms with Gasteiger partial charge in [-0.25, -0.2) is 0 Å². The predicted octanol–water partition coefficient (Wildman–Crippen LogP) is 6.06. The molecular formula is C28H27NO4. The van der Waals surface area contributed by atoms with E-state index in [0.29, 0.717) is 17.3 Å². The minimum atomic E-state index is -0.178. The monoisotopic (exact) mass is 441 g/mol. The largest absolute Gasteiger partial charge is 0.504 e. The van der Waals surface area contributed by atoms with Crippen LogP contribution in [0.1, 0.15) is 43.0 Å². The van der Waals surface area contributed by atoms with E-state index in [4.69, 9.17) is 9.47 Å². The molecule has 0 radical (unpaired) electrons. The second-order valence-corrected chi connectivity index (χ2v) is 9.04. The summed E-state index contributed by atoms with van der Waals surface area (Å²) in [6, 6.07) is 15.2. The summed E-state index contributed by atoms with van der Waals surface area (Å²) >= 11 is 0. The number of allylic oxidation sites excluding steroid dienone is 1. The predicted molar refractivity (Wildman–Crippen MR) is 132 cm³/mol. The second kappa shape index (κ2) is 7.71. The third kappa shape index (κ3) is 3.45. The Morgan fingerprint density at radius 3 is 2.58 bits per heavy atom. The van der Waals surface area contributed by atoms with Gasteiger partial charge < -0.3 is 25.0 Å². The Kier molecular flexibility index (Phi) is 4.94. The van der Waals surface area contributed by atoms with E-state index >= 15 is 0 Å². The zero-order valence-corrected chi connectivity index (χ0v) is 19.2. The topological polar surface area (TPSA) is 71.0 Å². The number of fused-ring (bicyclic) bond motifs is 5. The Balaban J connectivity index is 1.84. The Morgan fingerprint density at radius 2 is 1.82 bits per heavy atom. The fourth-order valence-corrected chi connectivity index (χ4v) is 4.91. The standard InChI is InChI=1S/C28H27NO4/c1-16-14-28(2,3)29-20-10-9-19-25(24(16)20)23(13-17-7-5-6-8-18(17)15-30)33-22-12-11-21(31)27(32-4)26(19)22/h5-14,29-31H,15H2,1-4H3. The van der Waals surface area contributed by atoms with Crippen molar-refractivity contribution < 1.29 is 19.7 Å². The van der Waals surface area contributed by atoms with Crippen molar-refractivity contribution in [1.82, 2.24) is 0 Å². The van der Waals surface area contributed by atoms with Gasteiger partial charge in [0.15, 0.2) is 11.5 Å². The summed E-state index contributed by atoms with van der Waals surface area (Å²) in [5.74, 6) is 1.73. The van der Waals surface area contributed by atoms with Gasteiger partial charge in [-0.3, -0.25) is 0 Å². The van der Waals surface area contributed by atoms with Gasteiger partial charge in [0.2, 0.25) is 0 Å². The van der Waals surface area contributed by atoms with Crippen molar-refractivity contribution >= 4 is 23.1 Å². The summed E-state index contributed by atoms with van der Waals surface area (Å²) in [5.41, 5.74) is 7.31. The zero-order valence-electron chi connectivity index (χ0n) is 19.2. The number of ether oxygens (including phenoxy) is 2. The van der Waals surface area contributed by atoms with Gasteiger partial charge in [0.05, 0.1) is 24.8 Å². The van der Waals surface area contributed by atoms with E-state index < -0.39 is 0 Å². The van der Waals surface area contributed by atoms with Gasteiger partial charge >= 0.3 is 0 Å². The van der Waals surface area contributed by atoms with Crippen LogP contribution in [0.4, 0.5) is 5.69 Å². The minimum absolute atomic E-state index is 0.0628. The zero-order chi connectivity index (χ0) is 23.3. The number of rotatable bonds is 3. The van der Waals surface area contributed by atoms with Crippen molar-refractivity contribution in [1.29, 1.82) is 0 Å². The van der Waals surface area contributed by atoms with Gasteiger partial charge in [0.1, 0.15) is 11.5 Å². The van der Waals surface area contributed by atoms with Gasteiger partial charge in [-0.15, -0.1) is 0 Å². The summed E-state index contributed by atoms with van der Waals surface area (Å²) < 4.78 is 12.0. The number of aliphatic hydroxyl groups excluding tert-OH is 1. The molecule has 5 heteroatoms. The molecule has 168 valence electrons. The summed E-state index contributed by atoms with van der Waals surface area (Å²) in [6.45, 7) is 6.32. The van der Waals surface area contributed by atoms with Crippen molar-refractivity contribution in [2.24, 2.45) is 0 Å². The number of phenols is 1. The van der Waals surface area contributed by atoms with E-state index in [1.807, 2.05) is 36.4 Å². The van der Waals surface area contributed by atoms with E-state index in [9.17, 15) is 10.2 Å². The van der Waals surface area contributed by atoms with E-state index in [1.165, 1.54) is 0 Å². The first-order valence-corrected chi connectivity index (χ1v) is 11.0. The lowest BCUT2D eigenvalue weighted by Gasteiger charge is -2.35. The van der Waals surface area contributed by atoms with Gasteiger partial charge in [0, 0.05) is 22.4 Å². The summed E-state index contributed by atoms with van der Waals surface area (Å²) in [6.07, 6.45) is 4.18. The highest BCUT2D eigenvalue weighted by atomic mass is 16.5. The third-order valence-corrected chi connectivity index (χ3v) is 6.18. The lowest BCUT2D eigenvalue weighted by molar-refractivity contribution is 0.281. The molecule has 3 N–H and O–H groups in total. The molecule has 0 aromatic heterocycles. The van der Waals surface area contributed by atoms with Gasteiger partial charge in [-0.05, 0) is 61.7 Å². The van der Waals surface area contributed by atoms with Crippen molar-refractivity contribution in [3.8, 4) is 28.4 Å². The number of aliphatic hydroxyl groups is 1. The van der Waals surface area contributed by atoms with Gasteiger partial charge in [0.25, 0.3) is 0 Å². The molecule has 0 unspecified atom stereocenters. The summed E-state index contributed by atoms with van der Waals surface area (Å²) in [5, 5.41) is 23.9. The van der Waals surface area contributed by atoms with Crippen LogP contribution in [-0.4, -0.2) is 22.9 Å². The SMILES string of the molecule is COc1c(O)ccc2c1-c1ccc3c(c1C(=Cc1ccccc1CO)O2)C(C)=CC(C)(C)N3. The van der Waals surface area contributed by atoms with Crippen molar-refractivity contribution in [3.05, 3.63) is 76.9 Å². The molecule has 33 heavy (non-hydrogen) atoms. The first kappa shape index (κ1) is 21.2. The molecular weight excluding hydrogens is 414 g/mol. The molecule has 2 aliphatic rings. The maximum Gasteiger partial charge on any atom is 0.172 e. The van der Waals surface area contributed by atoms with Crippen LogP contribution >= 0.6 is 0 Å². The molecule has 0 fully saturated rings. The van der Waals surface area contributed by atoms with Gasteiger partial charge in [-0.2, -0.15) is 0 Å². The van der Waals surface area contributed by atoms with Crippen molar-refractivity contribution in [3.63, 3.8) is 0 Å². The quantitative estimate of drug-likeness (QED) is 0.461. The Morgan fingerprint density at radius 1 is 1.03 bits per heavy atom. The van der Waals surface area contributed by atoms with Crippen LogP contribution in [0, 0.1) is 0 Å². The van der Waals surface area contributed by atoms with Crippen LogP contribution in [0.3, 0.4) is 0 Å². The lowest BCUT2D eigenvalue weighted by atomic mass is 9.82. The fourth-order valence-electron chi connectivity index (χ4n) is 4.91. The number of hydrogen-bond acceptors (Lipinski definition) is 5. The molecule has 3 aromatic rings. The van der Waals surface area contributed by atoms with E-state index in [0.717, 1.165) is 44.6 Å². The molecule has 3 aromatic carbocycles. The highest BCUT2D eigenvalue weighted by Crippen LogP contribution is 2.54. The van der Waals surface area contributed by atoms with Crippen molar-refractivity contribution in [2.75, 3.05) is 12.4 Å². The molecule has 0 spiro atoms.